The molecule has 1 aliphatic rings. The number of carboxylic acids is 1. The molecule has 1 aromatic carbocycles. The van der Waals surface area contributed by atoms with Gasteiger partial charge >= 0.3 is 5.97 Å². The molecule has 24 heavy (non-hydrogen) atoms. The first-order valence-corrected chi connectivity index (χ1v) is 8.05. The van der Waals surface area contributed by atoms with E-state index in [1.807, 2.05) is 31.2 Å². The molecule has 0 saturated carbocycles. The van der Waals surface area contributed by atoms with Crippen LogP contribution in [0.5, 0.6) is 0 Å². The number of rotatable bonds is 5. The number of aliphatic carboxylic acids is 1. The lowest BCUT2D eigenvalue weighted by atomic mass is 10.1. The molecule has 126 valence electrons. The maximum atomic E-state index is 12.2. The summed E-state index contributed by atoms with van der Waals surface area (Å²) in [6.45, 7) is 2.83. The van der Waals surface area contributed by atoms with E-state index < -0.39 is 11.9 Å². The predicted molar refractivity (Wildman–Crippen MR) is 87.3 cm³/mol. The summed E-state index contributed by atoms with van der Waals surface area (Å²) in [5.41, 5.74) is 2.13. The molecule has 0 aliphatic carbocycles. The molecule has 1 fully saturated rings. The summed E-state index contributed by atoms with van der Waals surface area (Å²) in [4.78, 5) is 28.9. The summed E-state index contributed by atoms with van der Waals surface area (Å²) in [5, 5.41) is 8.99. The summed E-state index contributed by atoms with van der Waals surface area (Å²) in [5.74, 6) is -0.115. The first kappa shape index (κ1) is 16.2. The lowest BCUT2D eigenvalue weighted by Crippen LogP contribution is -2.30. The molecule has 1 saturated heterocycles. The number of carboxylic acid groups (broad SMARTS) is 1. The first-order valence-electron chi connectivity index (χ1n) is 8.05. The highest BCUT2D eigenvalue weighted by Gasteiger charge is 2.30. The van der Waals surface area contributed by atoms with Crippen LogP contribution < -0.4 is 0 Å². The standard InChI is InChI=1S/C18H20N2O4/c1-12-2-4-13(5-3-12)15-10-19-16(24-15)6-7-17(21)20-9-8-14(11-20)18(22)23/h2-5,10,14H,6-9,11H2,1H3,(H,22,23). The van der Waals surface area contributed by atoms with Crippen LogP contribution in [0.15, 0.2) is 34.9 Å². The number of oxazole rings is 1. The monoisotopic (exact) mass is 328 g/mol. The SMILES string of the molecule is Cc1ccc(-c2cnc(CCC(=O)N3CCC(C(=O)O)C3)o2)cc1. The van der Waals surface area contributed by atoms with Crippen molar-refractivity contribution in [1.82, 2.24) is 9.88 Å². The molecule has 1 unspecified atom stereocenters. The zero-order chi connectivity index (χ0) is 17.1. The van der Waals surface area contributed by atoms with E-state index in [1.165, 1.54) is 5.56 Å². The topological polar surface area (TPSA) is 83.6 Å². The number of nitrogens with zero attached hydrogens (tertiary/aromatic N) is 2. The number of carbonyl (C=O) groups is 2. The van der Waals surface area contributed by atoms with Gasteiger partial charge in [-0.05, 0) is 13.3 Å². The Morgan fingerprint density at radius 1 is 1.33 bits per heavy atom. The number of benzene rings is 1. The highest BCUT2D eigenvalue weighted by molar-refractivity contribution is 5.78. The minimum Gasteiger partial charge on any atom is -0.481 e. The zero-order valence-electron chi connectivity index (χ0n) is 13.6. The van der Waals surface area contributed by atoms with Crippen LogP contribution in [0.1, 0.15) is 24.3 Å². The Bertz CT molecular complexity index is 736. The number of hydrogen-bond donors (Lipinski definition) is 1. The van der Waals surface area contributed by atoms with E-state index in [2.05, 4.69) is 4.98 Å². The lowest BCUT2D eigenvalue weighted by Gasteiger charge is -2.14. The van der Waals surface area contributed by atoms with Crippen molar-refractivity contribution in [1.29, 1.82) is 0 Å². The van der Waals surface area contributed by atoms with Crippen LogP contribution in [0, 0.1) is 12.8 Å². The third-order valence-electron chi connectivity index (χ3n) is 4.33. The van der Waals surface area contributed by atoms with Gasteiger partial charge in [-0.25, -0.2) is 4.98 Å². The van der Waals surface area contributed by atoms with Gasteiger partial charge < -0.3 is 14.4 Å². The van der Waals surface area contributed by atoms with Gasteiger partial charge in [0.15, 0.2) is 11.7 Å². The molecule has 2 heterocycles. The normalized spacial score (nSPS) is 17.2. The molecule has 0 radical (unpaired) electrons. The van der Waals surface area contributed by atoms with Gasteiger partial charge in [0.05, 0.1) is 12.1 Å². The lowest BCUT2D eigenvalue weighted by molar-refractivity contribution is -0.141. The number of aromatic nitrogens is 1. The van der Waals surface area contributed by atoms with Gasteiger partial charge in [0, 0.05) is 31.5 Å². The summed E-state index contributed by atoms with van der Waals surface area (Å²) < 4.78 is 5.71. The molecule has 0 bridgehead atoms. The predicted octanol–water partition coefficient (Wildman–Crippen LogP) is 2.52. The molecule has 3 rings (SSSR count). The van der Waals surface area contributed by atoms with E-state index in [0.29, 0.717) is 37.6 Å². The van der Waals surface area contributed by atoms with Crippen molar-refractivity contribution in [3.63, 3.8) is 0 Å². The minimum absolute atomic E-state index is 0.0474. The van der Waals surface area contributed by atoms with Gasteiger partial charge in [0.1, 0.15) is 0 Å². The quantitative estimate of drug-likeness (QED) is 0.912. The second kappa shape index (κ2) is 6.86. The fraction of sp³-hybridized carbons (Fsp3) is 0.389. The van der Waals surface area contributed by atoms with Gasteiger partial charge in [-0.2, -0.15) is 0 Å². The molecule has 6 heteroatoms. The van der Waals surface area contributed by atoms with Crippen LogP contribution in [0.3, 0.4) is 0 Å². The van der Waals surface area contributed by atoms with E-state index in [4.69, 9.17) is 9.52 Å². The van der Waals surface area contributed by atoms with E-state index in [-0.39, 0.29) is 12.3 Å². The van der Waals surface area contributed by atoms with Gasteiger partial charge in [0.2, 0.25) is 5.91 Å². The van der Waals surface area contributed by atoms with E-state index in [1.54, 1.807) is 11.1 Å². The number of carbonyl (C=O) groups excluding carboxylic acids is 1. The summed E-state index contributed by atoms with van der Waals surface area (Å²) in [7, 11) is 0. The Balaban J connectivity index is 1.55. The number of aryl methyl sites for hydroxylation is 2. The Morgan fingerprint density at radius 3 is 2.75 bits per heavy atom. The third kappa shape index (κ3) is 3.64. The highest BCUT2D eigenvalue weighted by atomic mass is 16.4. The first-order chi connectivity index (χ1) is 11.5. The maximum Gasteiger partial charge on any atom is 0.308 e. The third-order valence-corrected chi connectivity index (χ3v) is 4.33. The van der Waals surface area contributed by atoms with E-state index in [9.17, 15) is 9.59 Å². The van der Waals surface area contributed by atoms with E-state index >= 15 is 0 Å². The molecule has 1 amide bonds. The Kier molecular flexibility index (Phi) is 4.64. The average molecular weight is 328 g/mol. The highest BCUT2D eigenvalue weighted by Crippen LogP contribution is 2.22. The molecule has 1 aromatic heterocycles. The molecular weight excluding hydrogens is 308 g/mol. The second-order valence-electron chi connectivity index (χ2n) is 6.15. The van der Waals surface area contributed by atoms with Crippen molar-refractivity contribution in [2.75, 3.05) is 13.1 Å². The van der Waals surface area contributed by atoms with Crippen LogP contribution in [0.25, 0.3) is 11.3 Å². The zero-order valence-corrected chi connectivity index (χ0v) is 13.6. The summed E-state index contributed by atoms with van der Waals surface area (Å²) >= 11 is 0. The van der Waals surface area contributed by atoms with Gasteiger partial charge in [-0.3, -0.25) is 9.59 Å². The molecule has 1 atom stereocenters. The van der Waals surface area contributed by atoms with E-state index in [0.717, 1.165) is 5.56 Å². The Labute approximate surface area is 140 Å². The average Bonchev–Trinajstić information content (AvgIpc) is 3.23. The molecule has 6 nitrogen and oxygen atoms in total. The molecule has 2 aromatic rings. The van der Waals surface area contributed by atoms with Crippen LogP contribution in [0.4, 0.5) is 0 Å². The van der Waals surface area contributed by atoms with Gasteiger partial charge in [-0.1, -0.05) is 29.8 Å². The van der Waals surface area contributed by atoms with Crippen molar-refractivity contribution in [3.8, 4) is 11.3 Å². The maximum absolute atomic E-state index is 12.2. The van der Waals surface area contributed by atoms with Crippen LogP contribution in [0.2, 0.25) is 0 Å². The van der Waals surface area contributed by atoms with Crippen molar-refractivity contribution in [3.05, 3.63) is 41.9 Å². The van der Waals surface area contributed by atoms with Gasteiger partial charge in [-0.15, -0.1) is 0 Å². The largest absolute Gasteiger partial charge is 0.481 e. The van der Waals surface area contributed by atoms with Crippen molar-refractivity contribution in [2.45, 2.75) is 26.2 Å². The summed E-state index contributed by atoms with van der Waals surface area (Å²) in [6.07, 6.45) is 2.89. The molecule has 0 spiro atoms. The second-order valence-corrected chi connectivity index (χ2v) is 6.15. The fourth-order valence-electron chi connectivity index (χ4n) is 2.84. The van der Waals surface area contributed by atoms with Crippen LogP contribution >= 0.6 is 0 Å². The number of amides is 1. The minimum atomic E-state index is -0.833. The van der Waals surface area contributed by atoms with Gasteiger partial charge in [0.25, 0.3) is 0 Å². The smallest absolute Gasteiger partial charge is 0.308 e. The Hall–Kier alpha value is -2.63. The van der Waals surface area contributed by atoms with Crippen molar-refractivity contribution in [2.24, 2.45) is 5.92 Å². The van der Waals surface area contributed by atoms with Crippen LogP contribution in [-0.2, 0) is 16.0 Å². The van der Waals surface area contributed by atoms with Crippen molar-refractivity contribution >= 4 is 11.9 Å². The fourth-order valence-corrected chi connectivity index (χ4v) is 2.84. The molecule has 1 N–H and O–H groups in total. The van der Waals surface area contributed by atoms with Crippen molar-refractivity contribution < 1.29 is 19.1 Å². The summed E-state index contributed by atoms with van der Waals surface area (Å²) in [6, 6.07) is 7.96. The number of hydrogen-bond acceptors (Lipinski definition) is 4. The molecular formula is C18H20N2O4. The number of likely N-dealkylation sites (tertiary alicyclic amines) is 1. The Morgan fingerprint density at radius 2 is 2.08 bits per heavy atom. The van der Waals surface area contributed by atoms with Crippen LogP contribution in [-0.4, -0.2) is 40.0 Å². The molecule has 1 aliphatic heterocycles.